The second-order valence-corrected chi connectivity index (χ2v) is 4.93. The van der Waals surface area contributed by atoms with Gasteiger partial charge in [0.1, 0.15) is 0 Å². The Bertz CT molecular complexity index is 462. The quantitative estimate of drug-likeness (QED) is 0.546. The number of hydrogen-bond acceptors (Lipinski definition) is 5. The number of esters is 2. The molecular weight excluding hydrogens is 284 g/mol. The number of aryl methyl sites for hydroxylation is 1. The van der Waals surface area contributed by atoms with Crippen LogP contribution in [-0.2, 0) is 23.8 Å². The van der Waals surface area contributed by atoms with Crippen molar-refractivity contribution in [3.05, 3.63) is 35.4 Å². The predicted molar refractivity (Wildman–Crippen MR) is 82.3 cm³/mol. The maximum atomic E-state index is 12.0. The Balaban J connectivity index is 2.91. The van der Waals surface area contributed by atoms with Gasteiger partial charge in [0.05, 0.1) is 19.3 Å². The molecule has 0 saturated heterocycles. The van der Waals surface area contributed by atoms with Gasteiger partial charge in [-0.2, -0.15) is 0 Å². The van der Waals surface area contributed by atoms with E-state index in [-0.39, 0.29) is 25.7 Å². The van der Waals surface area contributed by atoms with Crippen LogP contribution < -0.4 is 0 Å². The summed E-state index contributed by atoms with van der Waals surface area (Å²) in [4.78, 5) is 24.0. The van der Waals surface area contributed by atoms with Crippen LogP contribution in [0.4, 0.5) is 0 Å². The van der Waals surface area contributed by atoms with Gasteiger partial charge in [-0.3, -0.25) is 9.59 Å². The van der Waals surface area contributed by atoms with Crippen molar-refractivity contribution in [2.24, 2.45) is 5.92 Å². The molecule has 1 atom stereocenters. The monoisotopic (exact) mass is 308 g/mol. The summed E-state index contributed by atoms with van der Waals surface area (Å²) < 4.78 is 15.4. The smallest absolute Gasteiger partial charge is 0.320 e. The minimum atomic E-state index is -0.980. The number of ether oxygens (including phenoxy) is 3. The molecule has 122 valence electrons. The molecule has 0 aliphatic heterocycles. The fourth-order valence-corrected chi connectivity index (χ4v) is 2.14. The van der Waals surface area contributed by atoms with Gasteiger partial charge in [0, 0.05) is 13.5 Å². The van der Waals surface area contributed by atoms with Crippen molar-refractivity contribution in [1.82, 2.24) is 0 Å². The van der Waals surface area contributed by atoms with E-state index in [1.807, 2.05) is 31.2 Å². The van der Waals surface area contributed by atoms with Crippen LogP contribution >= 0.6 is 0 Å². The number of carbonyl (C=O) groups excluding carboxylic acids is 2. The van der Waals surface area contributed by atoms with Crippen LogP contribution in [0, 0.1) is 12.8 Å². The summed E-state index contributed by atoms with van der Waals surface area (Å²) in [6.07, 6.45) is -0.184. The molecule has 0 spiro atoms. The van der Waals surface area contributed by atoms with E-state index in [1.165, 1.54) is 0 Å². The van der Waals surface area contributed by atoms with Crippen molar-refractivity contribution in [2.75, 3.05) is 20.3 Å². The molecule has 5 heteroatoms. The highest BCUT2D eigenvalue weighted by Gasteiger charge is 2.32. The van der Waals surface area contributed by atoms with E-state index in [9.17, 15) is 9.59 Å². The first-order chi connectivity index (χ1) is 10.5. The van der Waals surface area contributed by atoms with E-state index in [0.717, 1.165) is 11.1 Å². The van der Waals surface area contributed by atoms with Gasteiger partial charge in [-0.25, -0.2) is 0 Å². The second kappa shape index (κ2) is 9.20. The molecule has 22 heavy (non-hydrogen) atoms. The van der Waals surface area contributed by atoms with E-state index in [1.54, 1.807) is 21.0 Å². The minimum absolute atomic E-state index is 0.192. The van der Waals surface area contributed by atoms with Crippen molar-refractivity contribution < 1.29 is 23.8 Å². The Labute approximate surface area is 131 Å². The van der Waals surface area contributed by atoms with E-state index >= 15 is 0 Å². The summed E-state index contributed by atoms with van der Waals surface area (Å²) in [5, 5.41) is 0. The van der Waals surface area contributed by atoms with Crippen LogP contribution in [0.1, 0.15) is 37.5 Å². The molecule has 5 nitrogen and oxygen atoms in total. The van der Waals surface area contributed by atoms with Gasteiger partial charge in [-0.05, 0) is 26.3 Å². The Morgan fingerprint density at radius 2 is 1.50 bits per heavy atom. The molecule has 0 heterocycles. The van der Waals surface area contributed by atoms with E-state index in [0.29, 0.717) is 0 Å². The van der Waals surface area contributed by atoms with Crippen molar-refractivity contribution in [3.63, 3.8) is 0 Å². The third-order valence-corrected chi connectivity index (χ3v) is 3.33. The molecule has 0 fully saturated rings. The first-order valence-electron chi connectivity index (χ1n) is 7.46. The van der Waals surface area contributed by atoms with E-state index < -0.39 is 17.9 Å². The molecular formula is C17H24O5. The summed E-state index contributed by atoms with van der Waals surface area (Å²) in [6.45, 7) is 5.83. The molecule has 1 aromatic carbocycles. The summed E-state index contributed by atoms with van der Waals surface area (Å²) in [5.74, 6) is -2.13. The lowest BCUT2D eigenvalue weighted by Gasteiger charge is -2.21. The lowest BCUT2D eigenvalue weighted by Crippen LogP contribution is -2.30. The van der Waals surface area contributed by atoms with Crippen LogP contribution in [0.5, 0.6) is 0 Å². The lowest BCUT2D eigenvalue weighted by molar-refractivity contribution is -0.163. The highest BCUT2D eigenvalue weighted by atomic mass is 16.6. The molecule has 0 saturated carbocycles. The summed E-state index contributed by atoms with van der Waals surface area (Å²) in [7, 11) is 1.55. The molecule has 0 N–H and O–H groups in total. The fourth-order valence-electron chi connectivity index (χ4n) is 2.14. The van der Waals surface area contributed by atoms with Crippen LogP contribution in [-0.4, -0.2) is 32.3 Å². The van der Waals surface area contributed by atoms with Crippen molar-refractivity contribution in [1.29, 1.82) is 0 Å². The Morgan fingerprint density at radius 3 is 1.91 bits per heavy atom. The maximum absolute atomic E-state index is 12.0. The average molecular weight is 308 g/mol. The van der Waals surface area contributed by atoms with Crippen LogP contribution in [0.15, 0.2) is 24.3 Å². The van der Waals surface area contributed by atoms with Gasteiger partial charge in [-0.1, -0.05) is 29.8 Å². The number of benzene rings is 1. The third-order valence-electron chi connectivity index (χ3n) is 3.33. The van der Waals surface area contributed by atoms with Gasteiger partial charge in [0.15, 0.2) is 5.92 Å². The van der Waals surface area contributed by atoms with Crippen LogP contribution in [0.25, 0.3) is 0 Å². The predicted octanol–water partition coefficient (Wildman–Crippen LogP) is 2.82. The van der Waals surface area contributed by atoms with Gasteiger partial charge >= 0.3 is 11.9 Å². The molecule has 0 aromatic heterocycles. The highest BCUT2D eigenvalue weighted by Crippen LogP contribution is 2.26. The van der Waals surface area contributed by atoms with Gasteiger partial charge in [0.2, 0.25) is 0 Å². The van der Waals surface area contributed by atoms with Crippen LogP contribution in [0.3, 0.4) is 0 Å². The Kier molecular flexibility index (Phi) is 7.60. The molecule has 0 amide bonds. The minimum Gasteiger partial charge on any atom is -0.465 e. The number of rotatable bonds is 8. The number of methoxy groups -OCH3 is 1. The first-order valence-corrected chi connectivity index (χ1v) is 7.46. The largest absolute Gasteiger partial charge is 0.465 e. The standard InChI is InChI=1S/C17H24O5/c1-5-21-16(18)14(17(19)22-6-2)11-15(20-4)13-9-7-12(3)8-10-13/h7-10,14-15H,5-6,11H2,1-4H3. The topological polar surface area (TPSA) is 61.8 Å². The molecule has 1 rings (SSSR count). The van der Waals surface area contributed by atoms with Crippen molar-refractivity contribution in [3.8, 4) is 0 Å². The van der Waals surface area contributed by atoms with Gasteiger partial charge in [0.25, 0.3) is 0 Å². The fraction of sp³-hybridized carbons (Fsp3) is 0.529. The molecule has 0 bridgehead atoms. The van der Waals surface area contributed by atoms with Crippen LogP contribution in [0.2, 0.25) is 0 Å². The van der Waals surface area contributed by atoms with E-state index in [2.05, 4.69) is 0 Å². The van der Waals surface area contributed by atoms with Crippen molar-refractivity contribution >= 4 is 11.9 Å². The first kappa shape index (κ1) is 18.2. The summed E-state index contributed by atoms with van der Waals surface area (Å²) in [5.41, 5.74) is 2.04. The van der Waals surface area contributed by atoms with E-state index in [4.69, 9.17) is 14.2 Å². The zero-order chi connectivity index (χ0) is 16.5. The van der Waals surface area contributed by atoms with Crippen molar-refractivity contribution in [2.45, 2.75) is 33.3 Å². The molecule has 0 aliphatic rings. The zero-order valence-electron chi connectivity index (χ0n) is 13.6. The normalized spacial score (nSPS) is 12.0. The lowest BCUT2D eigenvalue weighted by atomic mass is 9.96. The molecule has 1 unspecified atom stereocenters. The summed E-state index contributed by atoms with van der Waals surface area (Å²) in [6, 6.07) is 7.78. The zero-order valence-corrected chi connectivity index (χ0v) is 13.6. The summed E-state index contributed by atoms with van der Waals surface area (Å²) >= 11 is 0. The average Bonchev–Trinajstić information content (AvgIpc) is 2.50. The molecule has 0 radical (unpaired) electrons. The molecule has 0 aliphatic carbocycles. The molecule has 1 aromatic rings. The van der Waals surface area contributed by atoms with Gasteiger partial charge in [-0.15, -0.1) is 0 Å². The second-order valence-electron chi connectivity index (χ2n) is 4.93. The van der Waals surface area contributed by atoms with Gasteiger partial charge < -0.3 is 14.2 Å². The maximum Gasteiger partial charge on any atom is 0.320 e. The highest BCUT2D eigenvalue weighted by molar-refractivity contribution is 5.94. The third kappa shape index (κ3) is 5.15. The Hall–Kier alpha value is -1.88. The Morgan fingerprint density at radius 1 is 1.00 bits per heavy atom. The SMILES string of the molecule is CCOC(=O)C(CC(OC)c1ccc(C)cc1)C(=O)OCC. The number of carbonyl (C=O) groups is 2. The number of hydrogen-bond donors (Lipinski definition) is 0.